The monoisotopic (exact) mass is 364 g/mol. The fourth-order valence-corrected chi connectivity index (χ4v) is 2.83. The molecule has 0 N–H and O–H groups in total. The lowest BCUT2D eigenvalue weighted by Crippen LogP contribution is -1.94. The Hall–Kier alpha value is -2.32. The summed E-state index contributed by atoms with van der Waals surface area (Å²) < 4.78 is 16.1. The van der Waals surface area contributed by atoms with Gasteiger partial charge in [-0.1, -0.05) is 17.7 Å². The maximum Gasteiger partial charge on any atom is 0.283 e. The molecule has 0 saturated carbocycles. The first kappa shape index (κ1) is 16.5. The zero-order valence-corrected chi connectivity index (χ0v) is 14.5. The Morgan fingerprint density at radius 3 is 2.75 bits per heavy atom. The number of benzene rings is 1. The van der Waals surface area contributed by atoms with Crippen LogP contribution in [0.15, 0.2) is 45.4 Å². The zero-order valence-electron chi connectivity index (χ0n) is 12.9. The van der Waals surface area contributed by atoms with Crippen molar-refractivity contribution in [1.29, 1.82) is 0 Å². The number of methoxy groups -OCH3 is 2. The summed E-state index contributed by atoms with van der Waals surface area (Å²) in [6.07, 6.45) is 3.40. The molecule has 0 amide bonds. The summed E-state index contributed by atoms with van der Waals surface area (Å²) in [6, 6.07) is 5.62. The minimum absolute atomic E-state index is 0.367. The van der Waals surface area contributed by atoms with Gasteiger partial charge in [-0.15, -0.1) is 10.2 Å². The van der Waals surface area contributed by atoms with Crippen LogP contribution in [-0.2, 0) is 6.42 Å². The van der Waals surface area contributed by atoms with Crippen LogP contribution in [-0.4, -0.2) is 34.4 Å². The first-order chi connectivity index (χ1) is 11.7. The van der Waals surface area contributed by atoms with Gasteiger partial charge in [0.15, 0.2) is 11.5 Å². The van der Waals surface area contributed by atoms with Gasteiger partial charge >= 0.3 is 0 Å². The highest BCUT2D eigenvalue weighted by Gasteiger charge is 2.13. The van der Waals surface area contributed by atoms with Crippen LogP contribution in [0.3, 0.4) is 0 Å². The lowest BCUT2D eigenvalue weighted by Gasteiger charge is -2.08. The number of rotatable bonds is 6. The highest BCUT2D eigenvalue weighted by molar-refractivity contribution is 7.99. The van der Waals surface area contributed by atoms with E-state index in [-0.39, 0.29) is 0 Å². The van der Waals surface area contributed by atoms with Gasteiger partial charge in [-0.25, -0.2) is 9.97 Å². The molecule has 0 radical (unpaired) electrons. The maximum atomic E-state index is 6.01. The average Bonchev–Trinajstić information content (AvgIpc) is 3.04. The number of nitrogens with zero attached hydrogens (tertiary/aromatic N) is 4. The van der Waals surface area contributed by atoms with E-state index in [0.717, 1.165) is 5.56 Å². The lowest BCUT2D eigenvalue weighted by molar-refractivity contribution is 0.354. The highest BCUT2D eigenvalue weighted by atomic mass is 35.5. The number of hydrogen-bond donors (Lipinski definition) is 0. The van der Waals surface area contributed by atoms with Crippen molar-refractivity contribution in [2.24, 2.45) is 0 Å². The van der Waals surface area contributed by atoms with E-state index in [1.165, 1.54) is 24.3 Å². The average molecular weight is 365 g/mol. The van der Waals surface area contributed by atoms with E-state index in [4.69, 9.17) is 25.5 Å². The van der Waals surface area contributed by atoms with Crippen molar-refractivity contribution in [3.05, 3.63) is 47.2 Å². The highest BCUT2D eigenvalue weighted by Crippen LogP contribution is 2.31. The Labute approximate surface area is 147 Å². The Morgan fingerprint density at radius 1 is 1.17 bits per heavy atom. The van der Waals surface area contributed by atoms with E-state index in [1.807, 2.05) is 18.2 Å². The molecule has 0 saturated heterocycles. The Morgan fingerprint density at radius 2 is 2.00 bits per heavy atom. The zero-order chi connectivity index (χ0) is 16.9. The molecule has 2 aromatic heterocycles. The van der Waals surface area contributed by atoms with E-state index in [0.29, 0.717) is 39.1 Å². The van der Waals surface area contributed by atoms with Gasteiger partial charge in [0, 0.05) is 0 Å². The third kappa shape index (κ3) is 3.77. The van der Waals surface area contributed by atoms with Gasteiger partial charge in [-0.3, -0.25) is 0 Å². The van der Waals surface area contributed by atoms with Crippen LogP contribution in [0.5, 0.6) is 11.5 Å². The number of ether oxygens (including phenoxy) is 2. The molecule has 124 valence electrons. The molecule has 3 aromatic rings. The number of aromatic nitrogens is 4. The van der Waals surface area contributed by atoms with Crippen molar-refractivity contribution in [3.63, 3.8) is 0 Å². The molecular weight excluding hydrogens is 352 g/mol. The molecule has 7 nitrogen and oxygen atoms in total. The van der Waals surface area contributed by atoms with E-state index < -0.39 is 0 Å². The van der Waals surface area contributed by atoms with Crippen molar-refractivity contribution in [1.82, 2.24) is 20.2 Å². The molecule has 0 unspecified atom stereocenters. The van der Waals surface area contributed by atoms with Crippen LogP contribution in [0.4, 0.5) is 0 Å². The van der Waals surface area contributed by atoms with Crippen LogP contribution in [0, 0.1) is 0 Å². The normalized spacial score (nSPS) is 10.6. The molecule has 0 bridgehead atoms. The number of halogens is 1. The van der Waals surface area contributed by atoms with Crippen molar-refractivity contribution < 1.29 is 13.9 Å². The fourth-order valence-electron chi connectivity index (χ4n) is 1.98. The molecule has 9 heteroatoms. The minimum Gasteiger partial charge on any atom is -0.493 e. The molecule has 0 spiro atoms. The van der Waals surface area contributed by atoms with Gasteiger partial charge in [0.1, 0.15) is 11.4 Å². The second kappa shape index (κ2) is 7.50. The SMILES string of the molecule is COc1ccc(Cc2nnc(Sc3ncncc3Cl)o2)cc1OC. The second-order valence-electron chi connectivity index (χ2n) is 4.61. The van der Waals surface area contributed by atoms with Crippen LogP contribution >= 0.6 is 23.4 Å². The largest absolute Gasteiger partial charge is 0.493 e. The Balaban J connectivity index is 1.73. The van der Waals surface area contributed by atoms with Gasteiger partial charge < -0.3 is 13.9 Å². The van der Waals surface area contributed by atoms with Gasteiger partial charge in [0.2, 0.25) is 5.89 Å². The third-order valence-corrected chi connectivity index (χ3v) is 4.32. The molecule has 2 heterocycles. The topological polar surface area (TPSA) is 83.2 Å². The summed E-state index contributed by atoms with van der Waals surface area (Å²) in [6.45, 7) is 0. The van der Waals surface area contributed by atoms with Crippen molar-refractivity contribution >= 4 is 23.4 Å². The first-order valence-electron chi connectivity index (χ1n) is 6.86. The second-order valence-corrected chi connectivity index (χ2v) is 5.95. The summed E-state index contributed by atoms with van der Waals surface area (Å²) in [5.74, 6) is 1.80. The van der Waals surface area contributed by atoms with E-state index in [2.05, 4.69) is 20.2 Å². The van der Waals surface area contributed by atoms with Gasteiger partial charge in [-0.05, 0) is 29.5 Å². The number of hydrogen-bond acceptors (Lipinski definition) is 8. The summed E-state index contributed by atoms with van der Waals surface area (Å²) >= 11 is 7.20. The van der Waals surface area contributed by atoms with Crippen molar-refractivity contribution in [2.45, 2.75) is 16.7 Å². The predicted octanol–water partition coefficient (Wildman–Crippen LogP) is 3.27. The molecule has 0 aliphatic rings. The third-order valence-electron chi connectivity index (χ3n) is 3.07. The summed E-state index contributed by atoms with van der Waals surface area (Å²) in [4.78, 5) is 7.90. The maximum absolute atomic E-state index is 6.01. The predicted molar refractivity (Wildman–Crippen MR) is 87.8 cm³/mol. The summed E-state index contributed by atoms with van der Waals surface area (Å²) in [5, 5.41) is 9.40. The molecule has 0 aliphatic heterocycles. The lowest BCUT2D eigenvalue weighted by atomic mass is 10.1. The van der Waals surface area contributed by atoms with Crippen LogP contribution in [0.1, 0.15) is 11.5 Å². The standard InChI is InChI=1S/C15H13ClN4O3S/c1-21-11-4-3-9(5-12(11)22-2)6-13-19-20-15(23-13)24-14-10(16)7-17-8-18-14/h3-5,7-8H,6H2,1-2H3. The summed E-state index contributed by atoms with van der Waals surface area (Å²) in [5.41, 5.74) is 0.966. The Kier molecular flexibility index (Phi) is 5.17. The molecular formula is C15H13ClN4O3S. The quantitative estimate of drug-likeness (QED) is 0.616. The molecule has 1 aromatic carbocycles. The minimum atomic E-state index is 0.367. The van der Waals surface area contributed by atoms with Gasteiger partial charge in [-0.2, -0.15) is 0 Å². The van der Waals surface area contributed by atoms with Crippen LogP contribution < -0.4 is 9.47 Å². The molecule has 24 heavy (non-hydrogen) atoms. The van der Waals surface area contributed by atoms with Crippen molar-refractivity contribution in [2.75, 3.05) is 14.2 Å². The fraction of sp³-hybridized carbons (Fsp3) is 0.200. The first-order valence-corrected chi connectivity index (χ1v) is 8.05. The van der Waals surface area contributed by atoms with Crippen LogP contribution in [0.2, 0.25) is 5.02 Å². The smallest absolute Gasteiger partial charge is 0.283 e. The molecule has 0 aliphatic carbocycles. The molecule has 0 atom stereocenters. The van der Waals surface area contributed by atoms with Crippen LogP contribution in [0.25, 0.3) is 0 Å². The van der Waals surface area contributed by atoms with E-state index >= 15 is 0 Å². The molecule has 3 rings (SSSR count). The molecule has 0 fully saturated rings. The Bertz CT molecular complexity index is 843. The van der Waals surface area contributed by atoms with Gasteiger partial charge in [0.25, 0.3) is 5.22 Å². The van der Waals surface area contributed by atoms with E-state index in [9.17, 15) is 0 Å². The summed E-state index contributed by atoms with van der Waals surface area (Å²) in [7, 11) is 3.19. The van der Waals surface area contributed by atoms with Crippen molar-refractivity contribution in [3.8, 4) is 11.5 Å². The van der Waals surface area contributed by atoms with E-state index in [1.54, 1.807) is 14.2 Å². The van der Waals surface area contributed by atoms with Gasteiger partial charge in [0.05, 0.1) is 31.9 Å².